The minimum atomic E-state index is -0.498. The summed E-state index contributed by atoms with van der Waals surface area (Å²) in [5.41, 5.74) is 1.81. The Morgan fingerprint density at radius 3 is 2.78 bits per heavy atom. The second-order valence-electron chi connectivity index (χ2n) is 3.54. The van der Waals surface area contributed by atoms with Gasteiger partial charge < -0.3 is 5.32 Å². The molecule has 0 aliphatic heterocycles. The maximum atomic E-state index is 10.6. The maximum Gasteiger partial charge on any atom is 0.288 e. The van der Waals surface area contributed by atoms with Crippen LogP contribution in [-0.2, 0) is 6.54 Å². The molecule has 0 atom stereocenters. The number of thiophene rings is 1. The molecule has 0 spiro atoms. The maximum absolute atomic E-state index is 10.6. The molecule has 0 bridgehead atoms. The van der Waals surface area contributed by atoms with Gasteiger partial charge in [-0.05, 0) is 45.1 Å². The molecule has 1 aromatic heterocycles. The van der Waals surface area contributed by atoms with Gasteiger partial charge in [0.1, 0.15) is 5.02 Å². The number of rotatable bonds is 4. The molecule has 18 heavy (non-hydrogen) atoms. The SMILES string of the molecule is O=[N+]([O-])c1ccc(NCc2csc(Br)c2)cc1Cl. The topological polar surface area (TPSA) is 55.2 Å². The average Bonchev–Trinajstić information content (AvgIpc) is 2.72. The van der Waals surface area contributed by atoms with Gasteiger partial charge in [-0.25, -0.2) is 0 Å². The van der Waals surface area contributed by atoms with Crippen molar-refractivity contribution in [2.75, 3.05) is 5.32 Å². The molecule has 0 saturated carbocycles. The van der Waals surface area contributed by atoms with Gasteiger partial charge in [0, 0.05) is 18.3 Å². The molecular weight excluding hydrogens is 340 g/mol. The summed E-state index contributed by atoms with van der Waals surface area (Å²) in [5.74, 6) is 0. The smallest absolute Gasteiger partial charge is 0.288 e. The van der Waals surface area contributed by atoms with E-state index in [0.29, 0.717) is 6.54 Å². The van der Waals surface area contributed by atoms with Gasteiger partial charge in [-0.1, -0.05) is 11.6 Å². The molecular formula is C11H8BrClN2O2S. The fourth-order valence-electron chi connectivity index (χ4n) is 1.41. The molecule has 0 amide bonds. The molecule has 1 aromatic carbocycles. The van der Waals surface area contributed by atoms with E-state index in [1.807, 2.05) is 11.4 Å². The van der Waals surface area contributed by atoms with E-state index in [1.54, 1.807) is 23.5 Å². The van der Waals surface area contributed by atoms with E-state index >= 15 is 0 Å². The van der Waals surface area contributed by atoms with Gasteiger partial charge in [0.15, 0.2) is 0 Å². The van der Waals surface area contributed by atoms with Crippen LogP contribution in [0.1, 0.15) is 5.56 Å². The molecule has 0 aliphatic rings. The fourth-order valence-corrected chi connectivity index (χ4v) is 2.87. The minimum Gasteiger partial charge on any atom is -0.381 e. The lowest BCUT2D eigenvalue weighted by Gasteiger charge is -2.05. The van der Waals surface area contributed by atoms with E-state index in [-0.39, 0.29) is 10.7 Å². The summed E-state index contributed by atoms with van der Waals surface area (Å²) < 4.78 is 1.07. The quantitative estimate of drug-likeness (QED) is 0.645. The van der Waals surface area contributed by atoms with Crippen LogP contribution >= 0.6 is 38.9 Å². The minimum absolute atomic E-state index is 0.0829. The van der Waals surface area contributed by atoms with Crippen molar-refractivity contribution in [3.8, 4) is 0 Å². The number of nitro benzene ring substituents is 1. The van der Waals surface area contributed by atoms with E-state index in [1.165, 1.54) is 6.07 Å². The van der Waals surface area contributed by atoms with Crippen LogP contribution in [0, 0.1) is 10.1 Å². The first-order valence-corrected chi connectivity index (χ1v) is 7.02. The van der Waals surface area contributed by atoms with E-state index in [2.05, 4.69) is 21.2 Å². The van der Waals surface area contributed by atoms with E-state index in [0.717, 1.165) is 15.0 Å². The third-order valence-corrected chi connectivity index (χ3v) is 4.12. The fraction of sp³-hybridized carbons (Fsp3) is 0.0909. The number of hydrogen-bond acceptors (Lipinski definition) is 4. The molecule has 0 aliphatic carbocycles. The summed E-state index contributed by atoms with van der Waals surface area (Å²) >= 11 is 10.8. The second-order valence-corrected chi connectivity index (χ2v) is 6.23. The number of hydrogen-bond donors (Lipinski definition) is 1. The van der Waals surface area contributed by atoms with Crippen molar-refractivity contribution in [3.05, 3.63) is 54.1 Å². The molecule has 0 radical (unpaired) electrons. The Kier molecular flexibility index (Phi) is 4.21. The first-order chi connectivity index (χ1) is 8.56. The molecule has 4 nitrogen and oxygen atoms in total. The van der Waals surface area contributed by atoms with Crippen LogP contribution in [0.25, 0.3) is 0 Å². The predicted octanol–water partition coefficient (Wildman–Crippen LogP) is 4.68. The Morgan fingerprint density at radius 2 is 2.22 bits per heavy atom. The van der Waals surface area contributed by atoms with Gasteiger partial charge in [-0.15, -0.1) is 11.3 Å². The van der Waals surface area contributed by atoms with Crippen LogP contribution in [0.3, 0.4) is 0 Å². The summed E-state index contributed by atoms with van der Waals surface area (Å²) in [6.45, 7) is 0.649. The zero-order chi connectivity index (χ0) is 13.1. The van der Waals surface area contributed by atoms with Crippen LogP contribution in [-0.4, -0.2) is 4.92 Å². The van der Waals surface area contributed by atoms with Gasteiger partial charge in [0.05, 0.1) is 8.71 Å². The number of benzene rings is 1. The largest absolute Gasteiger partial charge is 0.381 e. The highest BCUT2D eigenvalue weighted by Crippen LogP contribution is 2.28. The average molecular weight is 348 g/mol. The van der Waals surface area contributed by atoms with Crippen LogP contribution in [0.5, 0.6) is 0 Å². The van der Waals surface area contributed by atoms with Crippen LogP contribution < -0.4 is 5.32 Å². The lowest BCUT2D eigenvalue weighted by atomic mass is 10.2. The van der Waals surface area contributed by atoms with Gasteiger partial charge in [-0.2, -0.15) is 0 Å². The third kappa shape index (κ3) is 3.22. The number of nitro groups is 1. The second kappa shape index (κ2) is 5.69. The van der Waals surface area contributed by atoms with Crippen LogP contribution in [0.4, 0.5) is 11.4 Å². The van der Waals surface area contributed by atoms with Crippen molar-refractivity contribution in [1.82, 2.24) is 0 Å². The van der Waals surface area contributed by atoms with E-state index in [9.17, 15) is 10.1 Å². The van der Waals surface area contributed by atoms with Gasteiger partial charge >= 0.3 is 0 Å². The summed E-state index contributed by atoms with van der Waals surface area (Å²) in [4.78, 5) is 10.1. The first-order valence-electron chi connectivity index (χ1n) is 4.97. The highest BCUT2D eigenvalue weighted by molar-refractivity contribution is 9.11. The van der Waals surface area contributed by atoms with Crippen molar-refractivity contribution in [1.29, 1.82) is 0 Å². The zero-order valence-electron chi connectivity index (χ0n) is 9.02. The molecule has 0 saturated heterocycles. The van der Waals surface area contributed by atoms with Gasteiger partial charge in [0.2, 0.25) is 0 Å². The summed E-state index contributed by atoms with van der Waals surface area (Å²) in [7, 11) is 0. The number of nitrogens with zero attached hydrogens (tertiary/aromatic N) is 1. The first kappa shape index (κ1) is 13.3. The highest BCUT2D eigenvalue weighted by atomic mass is 79.9. The lowest BCUT2D eigenvalue weighted by molar-refractivity contribution is -0.384. The molecule has 7 heteroatoms. The summed E-state index contributed by atoms with van der Waals surface area (Å²) in [5, 5.41) is 15.9. The highest BCUT2D eigenvalue weighted by Gasteiger charge is 2.11. The normalized spacial score (nSPS) is 10.3. The lowest BCUT2D eigenvalue weighted by Crippen LogP contribution is -1.98. The van der Waals surface area contributed by atoms with Crippen molar-refractivity contribution >= 4 is 50.2 Å². The Balaban J connectivity index is 2.06. The van der Waals surface area contributed by atoms with Gasteiger partial charge in [-0.3, -0.25) is 10.1 Å². The van der Waals surface area contributed by atoms with Crippen molar-refractivity contribution in [3.63, 3.8) is 0 Å². The Morgan fingerprint density at radius 1 is 1.44 bits per heavy atom. The predicted molar refractivity (Wildman–Crippen MR) is 77.5 cm³/mol. The third-order valence-electron chi connectivity index (χ3n) is 2.26. The molecule has 94 valence electrons. The van der Waals surface area contributed by atoms with Gasteiger partial charge in [0.25, 0.3) is 5.69 Å². The number of halogens is 2. The van der Waals surface area contributed by atoms with Crippen LogP contribution in [0.2, 0.25) is 5.02 Å². The standard InChI is InChI=1S/C11H8BrClN2O2S/c12-11-3-7(6-18-11)5-14-8-1-2-10(15(16)17)9(13)4-8/h1-4,6,14H,5H2. The summed E-state index contributed by atoms with van der Waals surface area (Å²) in [6.07, 6.45) is 0. The zero-order valence-corrected chi connectivity index (χ0v) is 12.2. The number of nitrogens with one attached hydrogen (secondary N) is 1. The molecule has 2 rings (SSSR count). The number of anilines is 1. The molecule has 1 heterocycles. The van der Waals surface area contributed by atoms with Crippen molar-refractivity contribution < 1.29 is 4.92 Å². The Bertz CT molecular complexity index is 588. The van der Waals surface area contributed by atoms with E-state index in [4.69, 9.17) is 11.6 Å². The monoisotopic (exact) mass is 346 g/mol. The molecule has 0 unspecified atom stereocenters. The molecule has 0 fully saturated rings. The Labute approximate surface area is 121 Å². The van der Waals surface area contributed by atoms with E-state index < -0.39 is 4.92 Å². The van der Waals surface area contributed by atoms with Crippen LogP contribution in [0.15, 0.2) is 33.4 Å². The van der Waals surface area contributed by atoms with Crippen molar-refractivity contribution in [2.45, 2.75) is 6.54 Å². The molecule has 1 N–H and O–H groups in total. The molecule has 2 aromatic rings. The van der Waals surface area contributed by atoms with Crippen molar-refractivity contribution in [2.24, 2.45) is 0 Å². The summed E-state index contributed by atoms with van der Waals surface area (Å²) in [6, 6.07) is 6.62. The Hall–Kier alpha value is -1.11.